The van der Waals surface area contributed by atoms with Gasteiger partial charge in [-0.2, -0.15) is 0 Å². The summed E-state index contributed by atoms with van der Waals surface area (Å²) in [7, 11) is 0. The third-order valence-electron chi connectivity index (χ3n) is 8.60. The summed E-state index contributed by atoms with van der Waals surface area (Å²) < 4.78 is 1.08. The second kappa shape index (κ2) is 8.54. The maximum absolute atomic E-state index is 12.2. The smallest absolute Gasteiger partial charge is 0.230 e. The van der Waals surface area contributed by atoms with Crippen LogP contribution in [0.5, 0.6) is 0 Å². The second-order valence-electron chi connectivity index (χ2n) is 10.8. The van der Waals surface area contributed by atoms with E-state index in [1.165, 1.54) is 47.4 Å². The van der Waals surface area contributed by atoms with Gasteiger partial charge in [-0.25, -0.2) is 0 Å². The van der Waals surface area contributed by atoms with E-state index in [2.05, 4.69) is 33.4 Å². The van der Waals surface area contributed by atoms with E-state index in [-0.39, 0.29) is 11.8 Å². The van der Waals surface area contributed by atoms with E-state index >= 15 is 0 Å². The molecule has 3 aliphatic heterocycles. The van der Waals surface area contributed by atoms with Gasteiger partial charge in [-0.3, -0.25) is 19.5 Å². The molecule has 4 aliphatic rings. The van der Waals surface area contributed by atoms with Gasteiger partial charge in [-0.15, -0.1) is 11.3 Å². The number of amides is 2. The summed E-state index contributed by atoms with van der Waals surface area (Å²) in [6, 6.07) is 8.87. The normalized spacial score (nSPS) is 23.1. The number of thiophene rings is 1. The monoisotopic (exact) mass is 520 g/mol. The highest BCUT2D eigenvalue weighted by atomic mass is 35.5. The molecule has 1 aliphatic carbocycles. The van der Waals surface area contributed by atoms with E-state index in [4.69, 9.17) is 11.6 Å². The Morgan fingerprint density at radius 2 is 1.92 bits per heavy atom. The van der Waals surface area contributed by atoms with E-state index in [9.17, 15) is 9.59 Å². The molecular weight excluding hydrogens is 492 g/mol. The van der Waals surface area contributed by atoms with Crippen LogP contribution in [0.4, 0.5) is 5.69 Å². The maximum atomic E-state index is 12.2. The topological polar surface area (TPSA) is 65.5 Å². The van der Waals surface area contributed by atoms with Gasteiger partial charge in [0, 0.05) is 70.4 Å². The number of hydrogen-bond donors (Lipinski definition) is 1. The van der Waals surface area contributed by atoms with Gasteiger partial charge >= 0.3 is 0 Å². The minimum absolute atomic E-state index is 0.0837. The second-order valence-corrected chi connectivity index (χ2v) is 12.4. The first-order valence-corrected chi connectivity index (χ1v) is 14.2. The average molecular weight is 521 g/mol. The molecule has 2 saturated heterocycles. The number of anilines is 1. The molecule has 8 heteroatoms. The zero-order valence-corrected chi connectivity index (χ0v) is 21.8. The van der Waals surface area contributed by atoms with Crippen molar-refractivity contribution in [3.05, 3.63) is 45.9 Å². The largest absolute Gasteiger partial charge is 0.366 e. The molecular formula is C28H29ClN4O2S. The SMILES string of the molecule is O=C1CCC(=O)N1Cc1cc2nccc(-c3cc(Cl)cc4c3N([C@@H]3CNC5(CCC5)C3)CCC4)c2s1. The molecule has 2 amide bonds. The van der Waals surface area contributed by atoms with Crippen molar-refractivity contribution < 1.29 is 9.59 Å². The molecule has 186 valence electrons. The zero-order chi connectivity index (χ0) is 24.4. The van der Waals surface area contributed by atoms with Gasteiger partial charge in [0.15, 0.2) is 0 Å². The third-order valence-corrected chi connectivity index (χ3v) is 9.96. The summed E-state index contributed by atoms with van der Waals surface area (Å²) in [5.74, 6) is -0.167. The van der Waals surface area contributed by atoms with Crippen LogP contribution in [0.3, 0.4) is 0 Å². The lowest BCUT2D eigenvalue weighted by molar-refractivity contribution is -0.138. The lowest BCUT2D eigenvalue weighted by Gasteiger charge is -2.41. The van der Waals surface area contributed by atoms with Crippen LogP contribution in [0.25, 0.3) is 21.3 Å². The van der Waals surface area contributed by atoms with Crippen molar-refractivity contribution in [3.63, 3.8) is 0 Å². The van der Waals surface area contributed by atoms with Gasteiger partial charge in [-0.05, 0) is 68.4 Å². The third kappa shape index (κ3) is 3.66. The standard InChI is InChI=1S/C28H29ClN4O2S/c29-18-11-17-3-1-10-32(19-14-28(31-15-19)7-2-8-28)26(17)22(12-18)21-6-9-30-23-13-20(36-27(21)23)16-33-24(34)4-5-25(33)35/h6,9,11-13,19,31H,1-5,7-8,10,14-16H2/t19-/m0/s1. The molecule has 1 saturated carbocycles. The summed E-state index contributed by atoms with van der Waals surface area (Å²) in [6.07, 6.45) is 9.80. The predicted octanol–water partition coefficient (Wildman–Crippen LogP) is 5.30. The summed E-state index contributed by atoms with van der Waals surface area (Å²) in [4.78, 5) is 34.0. The maximum Gasteiger partial charge on any atom is 0.230 e. The number of rotatable bonds is 4. The van der Waals surface area contributed by atoms with Crippen LogP contribution in [0.1, 0.15) is 55.4 Å². The molecule has 36 heavy (non-hydrogen) atoms. The van der Waals surface area contributed by atoms with Crippen molar-refractivity contribution in [2.24, 2.45) is 0 Å². The number of pyridine rings is 1. The molecule has 2 aromatic heterocycles. The number of aryl methyl sites for hydroxylation is 1. The predicted molar refractivity (Wildman–Crippen MR) is 144 cm³/mol. The Labute approximate surface area is 219 Å². The van der Waals surface area contributed by atoms with Crippen LogP contribution in [0.15, 0.2) is 30.5 Å². The number of fused-ring (bicyclic) bond motifs is 2. The van der Waals surface area contributed by atoms with Crippen LogP contribution in [0, 0.1) is 0 Å². The number of carbonyl (C=O) groups excluding carboxylic acids is 2. The van der Waals surface area contributed by atoms with E-state index in [1.807, 2.05) is 12.3 Å². The molecule has 5 heterocycles. The molecule has 6 nitrogen and oxygen atoms in total. The molecule has 1 atom stereocenters. The highest BCUT2D eigenvalue weighted by Crippen LogP contribution is 2.47. The quantitative estimate of drug-likeness (QED) is 0.473. The minimum Gasteiger partial charge on any atom is -0.366 e. The number of nitrogens with zero attached hydrogens (tertiary/aromatic N) is 3. The first-order chi connectivity index (χ1) is 17.5. The zero-order valence-electron chi connectivity index (χ0n) is 20.2. The first kappa shape index (κ1) is 22.7. The molecule has 0 bridgehead atoms. The molecule has 0 radical (unpaired) electrons. The summed E-state index contributed by atoms with van der Waals surface area (Å²) in [5, 5.41) is 4.62. The molecule has 0 unspecified atom stereocenters. The van der Waals surface area contributed by atoms with E-state index in [1.54, 1.807) is 11.3 Å². The summed E-state index contributed by atoms with van der Waals surface area (Å²) in [5.41, 5.74) is 6.20. The number of imide groups is 1. The fraction of sp³-hybridized carbons (Fsp3) is 0.464. The number of hydrogen-bond acceptors (Lipinski definition) is 6. The number of nitrogens with one attached hydrogen (secondary N) is 1. The van der Waals surface area contributed by atoms with Crippen LogP contribution >= 0.6 is 22.9 Å². The van der Waals surface area contributed by atoms with Crippen LogP contribution < -0.4 is 10.2 Å². The Balaban J connectivity index is 1.30. The number of benzene rings is 1. The van der Waals surface area contributed by atoms with E-state index in [0.717, 1.165) is 51.6 Å². The fourth-order valence-electron chi connectivity index (χ4n) is 6.67. The van der Waals surface area contributed by atoms with E-state index < -0.39 is 0 Å². The van der Waals surface area contributed by atoms with Crippen LogP contribution in [0.2, 0.25) is 5.02 Å². The van der Waals surface area contributed by atoms with Crippen molar-refractivity contribution in [2.45, 2.75) is 69.5 Å². The number of carbonyl (C=O) groups is 2. The average Bonchev–Trinajstić information content (AvgIpc) is 3.56. The Bertz CT molecular complexity index is 1380. The van der Waals surface area contributed by atoms with Crippen molar-refractivity contribution >= 4 is 50.7 Å². The number of halogens is 1. The highest BCUT2D eigenvalue weighted by molar-refractivity contribution is 7.19. The molecule has 7 rings (SSSR count). The van der Waals surface area contributed by atoms with Crippen LogP contribution in [-0.4, -0.2) is 46.4 Å². The summed E-state index contributed by atoms with van der Waals surface area (Å²) in [6.45, 7) is 2.43. The van der Waals surface area contributed by atoms with Crippen molar-refractivity contribution in [3.8, 4) is 11.1 Å². The lowest BCUT2D eigenvalue weighted by atomic mass is 9.75. The van der Waals surface area contributed by atoms with Crippen molar-refractivity contribution in [2.75, 3.05) is 18.0 Å². The van der Waals surface area contributed by atoms with Crippen molar-refractivity contribution in [1.82, 2.24) is 15.2 Å². The first-order valence-electron chi connectivity index (χ1n) is 13.0. The van der Waals surface area contributed by atoms with Gasteiger partial charge in [-0.1, -0.05) is 11.6 Å². The highest BCUT2D eigenvalue weighted by Gasteiger charge is 2.45. The van der Waals surface area contributed by atoms with Crippen molar-refractivity contribution in [1.29, 1.82) is 0 Å². The van der Waals surface area contributed by atoms with Gasteiger partial charge < -0.3 is 10.2 Å². The Morgan fingerprint density at radius 1 is 1.08 bits per heavy atom. The van der Waals surface area contributed by atoms with Gasteiger partial charge in [0.25, 0.3) is 0 Å². The lowest BCUT2D eigenvalue weighted by Crippen LogP contribution is -2.46. The molecule has 1 spiro atoms. The van der Waals surface area contributed by atoms with Gasteiger partial charge in [0.05, 0.1) is 16.8 Å². The number of aromatic nitrogens is 1. The fourth-order valence-corrected chi connectivity index (χ4v) is 8.05. The number of likely N-dealkylation sites (tertiary alicyclic amines) is 1. The molecule has 1 N–H and O–H groups in total. The Morgan fingerprint density at radius 3 is 2.67 bits per heavy atom. The van der Waals surface area contributed by atoms with Crippen LogP contribution in [-0.2, 0) is 22.6 Å². The van der Waals surface area contributed by atoms with E-state index in [0.29, 0.717) is 31.0 Å². The summed E-state index contributed by atoms with van der Waals surface area (Å²) >= 11 is 8.32. The Hall–Kier alpha value is -2.48. The Kier molecular flexibility index (Phi) is 5.38. The molecule has 1 aromatic carbocycles. The molecule has 3 fully saturated rings. The van der Waals surface area contributed by atoms with Gasteiger partial charge in [0.1, 0.15) is 0 Å². The van der Waals surface area contributed by atoms with Gasteiger partial charge in [0.2, 0.25) is 11.8 Å². The molecule has 3 aromatic rings. The minimum atomic E-state index is -0.0837.